The topological polar surface area (TPSA) is 47.3 Å². The minimum Gasteiger partial charge on any atom is -0.374 e. The lowest BCUT2D eigenvalue weighted by Gasteiger charge is -2.44. The van der Waals surface area contributed by atoms with E-state index < -0.39 is 0 Å². The molecule has 0 bridgehead atoms. The summed E-state index contributed by atoms with van der Waals surface area (Å²) in [7, 11) is 0. The van der Waals surface area contributed by atoms with Gasteiger partial charge in [0.1, 0.15) is 0 Å². The number of thiophene rings is 1. The summed E-state index contributed by atoms with van der Waals surface area (Å²) in [6.07, 6.45) is 5.66. The molecule has 0 spiro atoms. The predicted octanol–water partition coefficient (Wildman–Crippen LogP) is 3.11. The first-order valence-corrected chi connectivity index (χ1v) is 8.20. The Hall–Kier alpha value is -0.420. The molecular formula is C15H26N2OS. The maximum Gasteiger partial charge on any atom is 0.0851 e. The average molecular weight is 282 g/mol. The van der Waals surface area contributed by atoms with Crippen LogP contribution in [0.2, 0.25) is 0 Å². The molecule has 4 heteroatoms. The summed E-state index contributed by atoms with van der Waals surface area (Å²) in [5, 5.41) is 2.12. The van der Waals surface area contributed by atoms with Gasteiger partial charge in [0.05, 0.1) is 11.6 Å². The van der Waals surface area contributed by atoms with Crippen LogP contribution >= 0.6 is 11.3 Å². The Labute approximate surface area is 120 Å². The maximum atomic E-state index is 6.18. The van der Waals surface area contributed by atoms with E-state index >= 15 is 0 Å². The highest BCUT2D eigenvalue weighted by molar-refractivity contribution is 7.09. The highest BCUT2D eigenvalue weighted by Crippen LogP contribution is 2.38. The molecule has 3 nitrogen and oxygen atoms in total. The normalized spacial score (nSPS) is 29.3. The van der Waals surface area contributed by atoms with Gasteiger partial charge < -0.3 is 4.74 Å². The third-order valence-electron chi connectivity index (χ3n) is 4.37. The largest absolute Gasteiger partial charge is 0.374 e. The van der Waals surface area contributed by atoms with Crippen molar-refractivity contribution in [1.82, 2.24) is 5.43 Å². The lowest BCUT2D eigenvalue weighted by Crippen LogP contribution is -2.57. The molecule has 108 valence electrons. The molecule has 1 atom stereocenters. The lowest BCUT2D eigenvalue weighted by atomic mass is 9.74. The van der Waals surface area contributed by atoms with Crippen molar-refractivity contribution in [2.24, 2.45) is 11.8 Å². The van der Waals surface area contributed by atoms with Gasteiger partial charge in [-0.25, -0.2) is 0 Å². The molecule has 0 radical (unpaired) electrons. The SMILES string of the molecule is CCOC1(C(Cc2cccs2)NN)CCC(C)CC1. The first-order valence-electron chi connectivity index (χ1n) is 7.32. The van der Waals surface area contributed by atoms with Crippen molar-refractivity contribution in [2.75, 3.05) is 6.61 Å². The van der Waals surface area contributed by atoms with Gasteiger partial charge in [-0.15, -0.1) is 11.3 Å². The Bertz CT molecular complexity index is 358. The Morgan fingerprint density at radius 1 is 1.53 bits per heavy atom. The smallest absolute Gasteiger partial charge is 0.0851 e. The second-order valence-electron chi connectivity index (χ2n) is 5.68. The Morgan fingerprint density at radius 3 is 2.79 bits per heavy atom. The van der Waals surface area contributed by atoms with Crippen LogP contribution in [0.1, 0.15) is 44.4 Å². The van der Waals surface area contributed by atoms with E-state index in [2.05, 4.69) is 36.8 Å². The maximum absolute atomic E-state index is 6.18. The van der Waals surface area contributed by atoms with Crippen LogP contribution in [0.3, 0.4) is 0 Å². The lowest BCUT2D eigenvalue weighted by molar-refractivity contribution is -0.0960. The van der Waals surface area contributed by atoms with Gasteiger partial charge in [-0.2, -0.15) is 0 Å². The zero-order chi connectivity index (χ0) is 13.7. The number of rotatable bonds is 6. The second-order valence-corrected chi connectivity index (χ2v) is 6.72. The zero-order valence-corrected chi connectivity index (χ0v) is 12.8. The van der Waals surface area contributed by atoms with Crippen LogP contribution in [0.25, 0.3) is 0 Å². The van der Waals surface area contributed by atoms with E-state index in [0.29, 0.717) is 0 Å². The van der Waals surface area contributed by atoms with E-state index in [1.807, 2.05) is 0 Å². The van der Waals surface area contributed by atoms with Crippen LogP contribution in [0, 0.1) is 5.92 Å². The zero-order valence-electron chi connectivity index (χ0n) is 12.0. The van der Waals surface area contributed by atoms with Crippen molar-refractivity contribution >= 4 is 11.3 Å². The van der Waals surface area contributed by atoms with Crippen LogP contribution in [-0.4, -0.2) is 18.2 Å². The standard InChI is InChI=1S/C15H26N2OS/c1-3-18-15(8-6-12(2)7-9-15)14(17-16)11-13-5-4-10-19-13/h4-5,10,12,14,17H,3,6-9,11,16H2,1-2H3. The second kappa shape index (κ2) is 6.84. The average Bonchev–Trinajstić information content (AvgIpc) is 2.92. The van der Waals surface area contributed by atoms with E-state index in [4.69, 9.17) is 10.6 Å². The van der Waals surface area contributed by atoms with Gasteiger partial charge in [-0.05, 0) is 50.0 Å². The fourth-order valence-corrected chi connectivity index (χ4v) is 3.91. The molecule has 0 aromatic carbocycles. The molecule has 0 saturated heterocycles. The molecular weight excluding hydrogens is 256 g/mol. The fourth-order valence-electron chi connectivity index (χ4n) is 3.16. The summed E-state index contributed by atoms with van der Waals surface area (Å²) in [6, 6.07) is 4.49. The third kappa shape index (κ3) is 3.57. The van der Waals surface area contributed by atoms with E-state index in [-0.39, 0.29) is 11.6 Å². The number of hydrogen-bond acceptors (Lipinski definition) is 4. The summed E-state index contributed by atoms with van der Waals surface area (Å²) < 4.78 is 6.18. The predicted molar refractivity (Wildman–Crippen MR) is 81.1 cm³/mol. The van der Waals surface area contributed by atoms with Gasteiger partial charge in [-0.1, -0.05) is 13.0 Å². The number of hydrogen-bond donors (Lipinski definition) is 2. The summed E-state index contributed by atoms with van der Waals surface area (Å²) in [5.41, 5.74) is 2.95. The molecule has 1 unspecified atom stereocenters. The molecule has 1 saturated carbocycles. The summed E-state index contributed by atoms with van der Waals surface area (Å²) >= 11 is 1.80. The van der Waals surface area contributed by atoms with Crippen molar-refractivity contribution in [1.29, 1.82) is 0 Å². The van der Waals surface area contributed by atoms with Crippen LogP contribution in [0.5, 0.6) is 0 Å². The van der Waals surface area contributed by atoms with Gasteiger partial charge in [-0.3, -0.25) is 11.3 Å². The van der Waals surface area contributed by atoms with Crippen molar-refractivity contribution in [2.45, 2.75) is 57.6 Å². The van der Waals surface area contributed by atoms with Gasteiger partial charge in [0.2, 0.25) is 0 Å². The molecule has 0 aliphatic heterocycles. The van der Waals surface area contributed by atoms with Crippen LogP contribution < -0.4 is 11.3 Å². The Morgan fingerprint density at radius 2 is 2.26 bits per heavy atom. The summed E-state index contributed by atoms with van der Waals surface area (Å²) in [5.74, 6) is 6.66. The van der Waals surface area contributed by atoms with Crippen molar-refractivity contribution in [3.8, 4) is 0 Å². The van der Waals surface area contributed by atoms with Gasteiger partial charge in [0.25, 0.3) is 0 Å². The summed E-state index contributed by atoms with van der Waals surface area (Å²) in [4.78, 5) is 1.38. The number of ether oxygens (including phenoxy) is 1. The molecule has 1 fully saturated rings. The molecule has 3 N–H and O–H groups in total. The molecule has 1 aliphatic rings. The van der Waals surface area contributed by atoms with Gasteiger partial charge in [0, 0.05) is 17.9 Å². The quantitative estimate of drug-likeness (QED) is 0.622. The minimum atomic E-state index is -0.0833. The summed E-state index contributed by atoms with van der Waals surface area (Å²) in [6.45, 7) is 5.18. The Balaban J connectivity index is 2.10. The number of nitrogens with one attached hydrogen (secondary N) is 1. The molecule has 0 amide bonds. The van der Waals surface area contributed by atoms with Crippen LogP contribution in [0.15, 0.2) is 17.5 Å². The molecule has 1 heterocycles. The molecule has 1 aromatic heterocycles. The molecule has 1 aliphatic carbocycles. The van der Waals surface area contributed by atoms with Crippen molar-refractivity contribution < 1.29 is 4.74 Å². The number of hydrazine groups is 1. The first kappa shape index (κ1) is 15.0. The van der Waals surface area contributed by atoms with Gasteiger partial charge in [0.15, 0.2) is 0 Å². The van der Waals surface area contributed by atoms with Crippen LogP contribution in [0.4, 0.5) is 0 Å². The highest BCUT2D eigenvalue weighted by atomic mass is 32.1. The first-order chi connectivity index (χ1) is 9.20. The van der Waals surface area contributed by atoms with E-state index in [1.54, 1.807) is 11.3 Å². The highest BCUT2D eigenvalue weighted by Gasteiger charge is 2.41. The van der Waals surface area contributed by atoms with E-state index in [9.17, 15) is 0 Å². The van der Waals surface area contributed by atoms with Crippen LogP contribution in [-0.2, 0) is 11.2 Å². The Kier molecular flexibility index (Phi) is 5.39. The molecule has 1 aromatic rings. The van der Waals surface area contributed by atoms with Crippen molar-refractivity contribution in [3.63, 3.8) is 0 Å². The minimum absolute atomic E-state index is 0.0833. The van der Waals surface area contributed by atoms with Gasteiger partial charge >= 0.3 is 0 Å². The third-order valence-corrected chi connectivity index (χ3v) is 5.27. The number of nitrogens with two attached hydrogens (primary N) is 1. The molecule has 2 rings (SSSR count). The van der Waals surface area contributed by atoms with E-state index in [1.165, 1.54) is 17.7 Å². The fraction of sp³-hybridized carbons (Fsp3) is 0.733. The monoisotopic (exact) mass is 282 g/mol. The van der Waals surface area contributed by atoms with E-state index in [0.717, 1.165) is 31.8 Å². The van der Waals surface area contributed by atoms with Crippen molar-refractivity contribution in [3.05, 3.63) is 22.4 Å². The molecule has 19 heavy (non-hydrogen) atoms.